The van der Waals surface area contributed by atoms with Crippen LogP contribution in [-0.4, -0.2) is 88.0 Å². The molecule has 0 radical (unpaired) electrons. The van der Waals surface area contributed by atoms with Gasteiger partial charge in [-0.05, 0) is 0 Å². The number of nitrogens with one attached hydrogen (secondary N) is 2. The number of aromatic nitrogens is 2. The number of rotatable bonds is 10. The Balaban J connectivity index is 1.74. The van der Waals surface area contributed by atoms with Crippen molar-refractivity contribution in [1.82, 2.24) is 14.9 Å². The van der Waals surface area contributed by atoms with Gasteiger partial charge in [-0.3, -0.25) is 23.6 Å². The van der Waals surface area contributed by atoms with Crippen LogP contribution in [-0.2, 0) is 38.6 Å². The third-order valence-electron chi connectivity index (χ3n) is 5.01. The molecule has 0 spiro atoms. The van der Waals surface area contributed by atoms with Gasteiger partial charge in [-0.2, -0.15) is 4.31 Å². The molecule has 0 aliphatic carbocycles. The molecule has 1 aliphatic heterocycles. The summed E-state index contributed by atoms with van der Waals surface area (Å²) in [5.41, 5.74) is -1.87. The number of aromatic hydroxyl groups is 2. The van der Waals surface area contributed by atoms with E-state index in [1.807, 2.05) is 4.98 Å². The average Bonchev–Trinajstić information content (AvgIpc) is 3.10. The number of phosphoric ester groups is 2. The van der Waals surface area contributed by atoms with Gasteiger partial charge >= 0.3 is 21.3 Å². The summed E-state index contributed by atoms with van der Waals surface area (Å²) in [6.07, 6.45) is -6.44. The molecule has 9 N–H and O–H groups in total. The Labute approximate surface area is 215 Å². The van der Waals surface area contributed by atoms with Gasteiger partial charge in [0, 0.05) is 19.2 Å². The predicted octanol–water partition coefficient (Wildman–Crippen LogP) is -2.78. The molecule has 1 aliphatic rings. The maximum Gasteiger partial charge on any atom is 0.483 e. The van der Waals surface area contributed by atoms with Gasteiger partial charge < -0.3 is 49.8 Å². The summed E-state index contributed by atoms with van der Waals surface area (Å²) in [5, 5.41) is 51.5. The van der Waals surface area contributed by atoms with E-state index in [-0.39, 0.29) is 0 Å². The predicted molar refractivity (Wildman–Crippen MR) is 120 cm³/mol. The number of aromatic amines is 1. The molecule has 1 fully saturated rings. The fourth-order valence-electron chi connectivity index (χ4n) is 3.29. The summed E-state index contributed by atoms with van der Waals surface area (Å²) in [6, 6.07) is -0.832. The molecule has 1 saturated heterocycles. The number of ether oxygens (including phenoxy) is 1. The van der Waals surface area contributed by atoms with E-state index in [0.717, 1.165) is 19.2 Å². The number of hydrogen-bond donors (Lipinski definition) is 9. The number of aliphatic hydroxyl groups is 3. The van der Waals surface area contributed by atoms with Gasteiger partial charge in [0.05, 0.1) is 6.61 Å². The normalized spacial score (nSPS) is 26.5. The van der Waals surface area contributed by atoms with E-state index in [0.29, 0.717) is 4.57 Å². The quantitative estimate of drug-likeness (QED) is 0.124. The molecular formula is C17H23N3O17P2. The smallest absolute Gasteiger partial charge is 0.483 e. The number of hydrogen-bond acceptors (Lipinski definition) is 15. The second-order valence-electron chi connectivity index (χ2n) is 7.84. The zero-order valence-electron chi connectivity index (χ0n) is 19.5. The molecule has 7 atom stereocenters. The van der Waals surface area contributed by atoms with Gasteiger partial charge in [-0.1, -0.05) is 0 Å². The Hall–Kier alpha value is -2.87. The zero-order chi connectivity index (χ0) is 29.3. The fourth-order valence-corrected chi connectivity index (χ4v) is 5.40. The summed E-state index contributed by atoms with van der Waals surface area (Å²) < 4.78 is 48.6. The van der Waals surface area contributed by atoms with E-state index < -0.39 is 99.8 Å². The number of carbonyl (C=O) groups excluding carboxylic acids is 1. The summed E-state index contributed by atoms with van der Waals surface area (Å²) in [6.45, 7) is -1.12. The Bertz CT molecular complexity index is 1420. The number of nitrogens with zero attached hydrogens (tertiary/aromatic N) is 1. The van der Waals surface area contributed by atoms with Crippen molar-refractivity contribution < 1.29 is 71.8 Å². The second kappa shape index (κ2) is 11.7. The Morgan fingerprint density at radius 3 is 2.41 bits per heavy atom. The number of phosphoric acid groups is 2. The highest BCUT2D eigenvalue weighted by Crippen LogP contribution is 2.62. The molecule has 2 aromatic rings. The van der Waals surface area contributed by atoms with E-state index in [1.54, 1.807) is 0 Å². The number of amides is 1. The summed E-state index contributed by atoms with van der Waals surface area (Å²) in [4.78, 5) is 56.2. The van der Waals surface area contributed by atoms with Crippen LogP contribution in [0.4, 0.5) is 0 Å². The summed E-state index contributed by atoms with van der Waals surface area (Å²) in [5.74, 6) is -4.40. The standard InChI is InChI=1S/C17H23N3O17P2/c1-6(22)18-10-13(26)11(24)7(4-21)35-16(10)36-39(31,32)37-38(29,30)33-5-8-12(25)14(27)15(34-8)20-3-2-9(23)19-17(20)28/h2-3,7,10-11,13,16,21,24-27H,4-5H2,1H3,(H,18,22)(H,29,30)(H,31,32)(H,19,23,28)/t7-,10-,11+,13-,16-/m1/s1. The highest BCUT2D eigenvalue weighted by atomic mass is 31.3. The van der Waals surface area contributed by atoms with Crippen LogP contribution in [0.3, 0.4) is 0 Å². The maximum absolute atomic E-state index is 12.4. The van der Waals surface area contributed by atoms with Crippen LogP contribution in [0.1, 0.15) is 12.7 Å². The van der Waals surface area contributed by atoms with E-state index in [2.05, 4.69) is 18.7 Å². The van der Waals surface area contributed by atoms with Gasteiger partial charge in [0.2, 0.25) is 17.4 Å². The first-order chi connectivity index (χ1) is 18.0. The SMILES string of the molecule is CC(=O)N[C@H]1[C@@H](OP(=O)(O)OP(=O)(O)OCc2oc(-n3ccc(=O)[nH]c3=O)c(O)c2O)O[C@H](CO)[C@H](O)[C@@H]1O. The van der Waals surface area contributed by atoms with Crippen LogP contribution in [0.25, 0.3) is 5.88 Å². The number of H-pyrrole nitrogens is 1. The zero-order valence-corrected chi connectivity index (χ0v) is 21.3. The van der Waals surface area contributed by atoms with Crippen LogP contribution in [0.5, 0.6) is 11.5 Å². The molecule has 1 amide bonds. The Kier molecular flexibility index (Phi) is 9.20. The molecule has 0 bridgehead atoms. The minimum atomic E-state index is -5.65. The van der Waals surface area contributed by atoms with E-state index in [4.69, 9.17) is 9.15 Å². The maximum atomic E-state index is 12.4. The van der Waals surface area contributed by atoms with Crippen LogP contribution in [0.2, 0.25) is 0 Å². The van der Waals surface area contributed by atoms with Crippen LogP contribution in [0.15, 0.2) is 26.3 Å². The Morgan fingerprint density at radius 1 is 1.15 bits per heavy atom. The lowest BCUT2D eigenvalue weighted by atomic mass is 9.97. The van der Waals surface area contributed by atoms with Crippen LogP contribution < -0.4 is 16.6 Å². The largest absolute Gasteiger partial charge is 0.502 e. The van der Waals surface area contributed by atoms with Gasteiger partial charge in [0.1, 0.15) is 31.0 Å². The van der Waals surface area contributed by atoms with Crippen LogP contribution in [0, 0.1) is 0 Å². The molecule has 0 saturated carbocycles. The van der Waals surface area contributed by atoms with Crippen molar-refractivity contribution in [2.75, 3.05) is 6.61 Å². The highest BCUT2D eigenvalue weighted by Gasteiger charge is 2.49. The first kappa shape index (κ1) is 30.7. The minimum Gasteiger partial charge on any atom is -0.502 e. The number of aliphatic hydroxyl groups excluding tert-OH is 3. The van der Waals surface area contributed by atoms with Crippen molar-refractivity contribution in [2.45, 2.75) is 44.2 Å². The van der Waals surface area contributed by atoms with Gasteiger partial charge in [0.15, 0.2) is 12.1 Å². The minimum absolute atomic E-state index is 0.561. The third-order valence-corrected chi connectivity index (χ3v) is 7.59. The molecule has 218 valence electrons. The lowest BCUT2D eigenvalue weighted by Crippen LogP contribution is -2.64. The molecule has 2 aromatic heterocycles. The average molecular weight is 603 g/mol. The topological polar surface area (TPSA) is 310 Å². The fraction of sp³-hybridized carbons (Fsp3) is 0.471. The Morgan fingerprint density at radius 2 is 1.82 bits per heavy atom. The molecule has 0 aromatic carbocycles. The van der Waals surface area contributed by atoms with Crippen LogP contribution >= 0.6 is 15.6 Å². The monoisotopic (exact) mass is 603 g/mol. The molecule has 3 rings (SSSR count). The number of carbonyl (C=O) groups is 1. The molecule has 2 unspecified atom stereocenters. The molecule has 20 nitrogen and oxygen atoms in total. The van der Waals surface area contributed by atoms with Crippen molar-refractivity contribution in [3.05, 3.63) is 38.9 Å². The van der Waals surface area contributed by atoms with Gasteiger partial charge in [-0.15, -0.1) is 0 Å². The van der Waals surface area contributed by atoms with E-state index in [9.17, 15) is 58.8 Å². The van der Waals surface area contributed by atoms with Gasteiger partial charge in [-0.25, -0.2) is 18.5 Å². The first-order valence-electron chi connectivity index (χ1n) is 10.5. The summed E-state index contributed by atoms with van der Waals surface area (Å²) in [7, 11) is -11.2. The second-order valence-corrected chi connectivity index (χ2v) is 10.8. The molecule has 22 heteroatoms. The van der Waals surface area contributed by atoms with Crippen molar-refractivity contribution in [2.24, 2.45) is 0 Å². The van der Waals surface area contributed by atoms with E-state index >= 15 is 0 Å². The van der Waals surface area contributed by atoms with Gasteiger partial charge in [0.25, 0.3) is 11.4 Å². The van der Waals surface area contributed by atoms with Crippen molar-refractivity contribution in [3.63, 3.8) is 0 Å². The van der Waals surface area contributed by atoms with Crippen molar-refractivity contribution >= 4 is 21.6 Å². The summed E-state index contributed by atoms with van der Waals surface area (Å²) >= 11 is 0. The molecule has 39 heavy (non-hydrogen) atoms. The number of furan rings is 1. The lowest BCUT2D eigenvalue weighted by Gasteiger charge is -2.42. The first-order valence-corrected chi connectivity index (χ1v) is 13.5. The van der Waals surface area contributed by atoms with Crippen molar-refractivity contribution in [1.29, 1.82) is 0 Å². The highest BCUT2D eigenvalue weighted by molar-refractivity contribution is 7.61. The van der Waals surface area contributed by atoms with E-state index in [1.165, 1.54) is 0 Å². The molecular weight excluding hydrogens is 580 g/mol. The lowest BCUT2D eigenvalue weighted by molar-refractivity contribution is -0.247. The van der Waals surface area contributed by atoms with Crippen molar-refractivity contribution in [3.8, 4) is 17.4 Å². The third kappa shape index (κ3) is 7.21. The molecule has 3 heterocycles.